The third-order valence-electron chi connectivity index (χ3n) is 5.86. The molecule has 1 aliphatic heterocycles. The molecule has 0 N–H and O–H groups in total. The Bertz CT molecular complexity index is 1260. The minimum Gasteiger partial charge on any atom is -0.494 e. The maximum absolute atomic E-state index is 13.6. The highest BCUT2D eigenvalue weighted by atomic mass is 35.5. The predicted molar refractivity (Wildman–Crippen MR) is 146 cm³/mol. The number of thiazole rings is 1. The lowest BCUT2D eigenvalue weighted by molar-refractivity contribution is 0.0391. The van der Waals surface area contributed by atoms with Gasteiger partial charge in [0.05, 0.1) is 34.9 Å². The molecule has 0 bridgehead atoms. The van der Waals surface area contributed by atoms with Gasteiger partial charge in [0, 0.05) is 38.0 Å². The second kappa shape index (κ2) is 12.8. The highest BCUT2D eigenvalue weighted by molar-refractivity contribution is 7.90. The van der Waals surface area contributed by atoms with E-state index >= 15 is 0 Å². The number of sulfone groups is 1. The Labute approximate surface area is 222 Å². The van der Waals surface area contributed by atoms with Crippen LogP contribution in [0.5, 0.6) is 5.75 Å². The second-order valence-corrected chi connectivity index (χ2v) is 11.6. The van der Waals surface area contributed by atoms with E-state index in [1.807, 2.05) is 12.1 Å². The van der Waals surface area contributed by atoms with Crippen LogP contribution >= 0.6 is 23.7 Å². The van der Waals surface area contributed by atoms with Gasteiger partial charge in [0.1, 0.15) is 5.75 Å². The molecule has 8 nitrogen and oxygen atoms in total. The first-order valence-electron chi connectivity index (χ1n) is 11.8. The molecule has 4 rings (SSSR count). The number of ether oxygens (including phenoxy) is 2. The van der Waals surface area contributed by atoms with Crippen LogP contribution in [0.4, 0.5) is 5.13 Å². The number of halogens is 1. The van der Waals surface area contributed by atoms with Crippen molar-refractivity contribution in [3.8, 4) is 5.75 Å². The summed E-state index contributed by atoms with van der Waals surface area (Å²) >= 11 is 1.32. The van der Waals surface area contributed by atoms with Crippen molar-refractivity contribution in [1.82, 2.24) is 9.88 Å². The molecule has 1 fully saturated rings. The number of fused-ring (bicyclic) bond motifs is 1. The molecular weight excluding hydrogens is 522 g/mol. The van der Waals surface area contributed by atoms with E-state index in [4.69, 9.17) is 9.47 Å². The Morgan fingerprint density at radius 1 is 1.17 bits per heavy atom. The molecule has 1 aromatic heterocycles. The largest absolute Gasteiger partial charge is 0.494 e. The van der Waals surface area contributed by atoms with E-state index in [1.165, 1.54) is 17.6 Å². The van der Waals surface area contributed by atoms with Crippen molar-refractivity contribution >= 4 is 54.8 Å². The number of carbonyl (C=O) groups excluding carboxylic acids is 1. The molecule has 2 heterocycles. The van der Waals surface area contributed by atoms with Crippen molar-refractivity contribution in [3.63, 3.8) is 0 Å². The third kappa shape index (κ3) is 7.17. The number of hydrogen-bond donors (Lipinski definition) is 0. The topological polar surface area (TPSA) is 89.0 Å². The van der Waals surface area contributed by atoms with Gasteiger partial charge in [-0.05, 0) is 48.9 Å². The summed E-state index contributed by atoms with van der Waals surface area (Å²) < 4.78 is 35.9. The van der Waals surface area contributed by atoms with Crippen LogP contribution < -0.4 is 9.64 Å². The van der Waals surface area contributed by atoms with Crippen LogP contribution in [0.2, 0.25) is 0 Å². The van der Waals surface area contributed by atoms with Gasteiger partial charge < -0.3 is 9.47 Å². The maximum Gasteiger partial charge on any atom is 0.260 e. The molecule has 1 saturated heterocycles. The van der Waals surface area contributed by atoms with Crippen LogP contribution in [0.3, 0.4) is 0 Å². The SMILES string of the molecule is CCCCOc1ccc(C(=O)N(CCN2CCOCC2)c2nc3ccc(S(C)(=O)=O)cc3s2)cc1.Cl. The molecule has 2 aromatic carbocycles. The Morgan fingerprint density at radius 3 is 2.56 bits per heavy atom. The van der Waals surface area contributed by atoms with Gasteiger partial charge in [-0.2, -0.15) is 0 Å². The average molecular weight is 554 g/mol. The summed E-state index contributed by atoms with van der Waals surface area (Å²) in [5.74, 6) is 0.587. The maximum atomic E-state index is 13.6. The van der Waals surface area contributed by atoms with Crippen molar-refractivity contribution in [1.29, 1.82) is 0 Å². The number of aromatic nitrogens is 1. The molecule has 3 aromatic rings. The lowest BCUT2D eigenvalue weighted by Gasteiger charge is -2.29. The highest BCUT2D eigenvalue weighted by Crippen LogP contribution is 2.31. The van der Waals surface area contributed by atoms with E-state index in [2.05, 4.69) is 16.8 Å². The van der Waals surface area contributed by atoms with Gasteiger partial charge in [-0.15, -0.1) is 12.4 Å². The Hall–Kier alpha value is -2.24. The van der Waals surface area contributed by atoms with Crippen LogP contribution in [0.25, 0.3) is 10.2 Å². The fourth-order valence-electron chi connectivity index (χ4n) is 3.77. The number of benzene rings is 2. The quantitative estimate of drug-likeness (QED) is 0.346. The minimum absolute atomic E-state index is 0. The third-order valence-corrected chi connectivity index (χ3v) is 8.02. The zero-order valence-corrected chi connectivity index (χ0v) is 23.0. The van der Waals surface area contributed by atoms with Gasteiger partial charge in [-0.25, -0.2) is 13.4 Å². The van der Waals surface area contributed by atoms with Crippen LogP contribution in [-0.4, -0.2) is 76.5 Å². The molecule has 36 heavy (non-hydrogen) atoms. The second-order valence-electron chi connectivity index (χ2n) is 8.54. The minimum atomic E-state index is -3.33. The number of amides is 1. The summed E-state index contributed by atoms with van der Waals surface area (Å²) in [6.45, 7) is 6.93. The molecule has 0 unspecified atom stereocenters. The number of carbonyl (C=O) groups is 1. The smallest absolute Gasteiger partial charge is 0.260 e. The summed E-state index contributed by atoms with van der Waals surface area (Å²) in [6.07, 6.45) is 3.22. The van der Waals surface area contributed by atoms with Gasteiger partial charge in [-0.1, -0.05) is 24.7 Å². The lowest BCUT2D eigenvalue weighted by Crippen LogP contribution is -2.43. The molecule has 0 saturated carbocycles. The summed E-state index contributed by atoms with van der Waals surface area (Å²) in [4.78, 5) is 22.5. The van der Waals surface area contributed by atoms with Crippen molar-refractivity contribution in [2.24, 2.45) is 0 Å². The number of rotatable bonds is 10. The molecular formula is C25H32ClN3O5S2. The fraction of sp³-hybridized carbons (Fsp3) is 0.440. The first kappa shape index (κ1) is 28.3. The number of nitrogens with zero attached hydrogens (tertiary/aromatic N) is 3. The van der Waals surface area contributed by atoms with E-state index < -0.39 is 9.84 Å². The van der Waals surface area contributed by atoms with Crippen molar-refractivity contribution in [2.45, 2.75) is 24.7 Å². The Balaban J connectivity index is 0.00000361. The summed E-state index contributed by atoms with van der Waals surface area (Å²) in [5.41, 5.74) is 1.21. The molecule has 0 aliphatic carbocycles. The monoisotopic (exact) mass is 553 g/mol. The molecule has 11 heteroatoms. The van der Waals surface area contributed by atoms with E-state index in [-0.39, 0.29) is 23.2 Å². The first-order chi connectivity index (χ1) is 16.8. The Morgan fingerprint density at radius 2 is 1.89 bits per heavy atom. The van der Waals surface area contributed by atoms with Gasteiger partial charge in [-0.3, -0.25) is 14.6 Å². The van der Waals surface area contributed by atoms with Crippen LogP contribution in [-0.2, 0) is 14.6 Å². The zero-order chi connectivity index (χ0) is 24.8. The van der Waals surface area contributed by atoms with Gasteiger partial charge in [0.25, 0.3) is 5.91 Å². The fourth-order valence-corrected chi connectivity index (χ4v) is 5.52. The van der Waals surface area contributed by atoms with Crippen LogP contribution in [0.15, 0.2) is 47.4 Å². The van der Waals surface area contributed by atoms with Gasteiger partial charge in [0.15, 0.2) is 15.0 Å². The van der Waals surface area contributed by atoms with Crippen molar-refractivity contribution < 1.29 is 22.7 Å². The summed E-state index contributed by atoms with van der Waals surface area (Å²) in [6, 6.07) is 12.1. The molecule has 1 aliphatic rings. The standard InChI is InChI=1S/C25H31N3O5S2.ClH/c1-3-4-15-33-20-7-5-19(6-8-20)24(29)28(12-11-27-13-16-32-17-14-27)25-26-22-10-9-21(35(2,30)31)18-23(22)34-25;/h5-10,18H,3-4,11-17H2,1-2H3;1H. The van der Waals surface area contributed by atoms with E-state index in [0.29, 0.717) is 49.1 Å². The number of anilines is 1. The van der Waals surface area contributed by atoms with Crippen LogP contribution in [0.1, 0.15) is 30.1 Å². The highest BCUT2D eigenvalue weighted by Gasteiger charge is 2.23. The molecule has 0 spiro atoms. The summed E-state index contributed by atoms with van der Waals surface area (Å²) in [7, 11) is -3.33. The van der Waals surface area contributed by atoms with Crippen LogP contribution in [0, 0.1) is 0 Å². The average Bonchev–Trinajstić information content (AvgIpc) is 3.28. The zero-order valence-electron chi connectivity index (χ0n) is 20.5. The molecule has 1 amide bonds. The number of morpholine rings is 1. The van der Waals surface area contributed by atoms with E-state index in [9.17, 15) is 13.2 Å². The predicted octanol–water partition coefficient (Wildman–Crippen LogP) is 4.28. The van der Waals surface area contributed by atoms with Gasteiger partial charge >= 0.3 is 0 Å². The lowest BCUT2D eigenvalue weighted by atomic mass is 10.2. The normalized spacial score (nSPS) is 14.4. The van der Waals surface area contributed by atoms with E-state index in [0.717, 1.165) is 36.4 Å². The van der Waals surface area contributed by atoms with E-state index in [1.54, 1.807) is 35.2 Å². The number of unbranched alkanes of at least 4 members (excludes halogenated alkanes) is 1. The first-order valence-corrected chi connectivity index (χ1v) is 14.5. The van der Waals surface area contributed by atoms with Gasteiger partial charge in [0.2, 0.25) is 0 Å². The molecule has 0 atom stereocenters. The number of hydrogen-bond acceptors (Lipinski definition) is 8. The Kier molecular flexibility index (Phi) is 10.1. The molecule has 196 valence electrons. The van der Waals surface area contributed by atoms with Crippen molar-refractivity contribution in [3.05, 3.63) is 48.0 Å². The molecule has 0 radical (unpaired) electrons. The van der Waals surface area contributed by atoms with Crippen molar-refractivity contribution in [2.75, 3.05) is 57.2 Å². The summed E-state index contributed by atoms with van der Waals surface area (Å²) in [5, 5.41) is 0.548.